The molecule has 90 valence electrons. The number of carbonyl (C=O) groups is 1. The number of amides is 1. The average Bonchev–Trinajstić information content (AvgIpc) is 2.02. The third kappa shape index (κ3) is 3.84. The van der Waals surface area contributed by atoms with E-state index in [0.29, 0.717) is 0 Å². The van der Waals surface area contributed by atoms with Crippen LogP contribution in [0.25, 0.3) is 0 Å². The van der Waals surface area contributed by atoms with E-state index in [2.05, 4.69) is 0 Å². The number of alkyl halides is 5. The summed E-state index contributed by atoms with van der Waals surface area (Å²) in [4.78, 5) is 10.6. The Hall–Kier alpha value is -0.530. The summed E-state index contributed by atoms with van der Waals surface area (Å²) >= 11 is 1.23. The smallest absolute Gasteiger partial charge is 0.347 e. The van der Waals surface area contributed by atoms with Crippen LogP contribution < -0.4 is 5.32 Å². The molecule has 1 N–H and O–H groups in total. The van der Waals surface area contributed by atoms with Crippen molar-refractivity contribution in [3.63, 3.8) is 0 Å². The molecule has 1 unspecified atom stereocenters. The molecular formula is C7H10F5NOS. The van der Waals surface area contributed by atoms with Crippen molar-refractivity contribution in [1.29, 1.82) is 0 Å². The largest absolute Gasteiger partial charge is 0.463 e. The van der Waals surface area contributed by atoms with Gasteiger partial charge in [-0.05, 0) is 13.2 Å². The van der Waals surface area contributed by atoms with E-state index in [1.165, 1.54) is 18.7 Å². The van der Waals surface area contributed by atoms with Crippen molar-refractivity contribution in [2.24, 2.45) is 0 Å². The molecule has 0 aromatic rings. The van der Waals surface area contributed by atoms with Crippen LogP contribution in [0, 0.1) is 0 Å². The predicted molar refractivity (Wildman–Crippen MR) is 47.0 cm³/mol. The Bertz CT molecular complexity index is 230. The molecule has 0 saturated carbocycles. The number of nitrogens with one attached hydrogen (secondary N) is 1. The third-order valence-electron chi connectivity index (χ3n) is 1.44. The Morgan fingerprint density at radius 2 is 1.80 bits per heavy atom. The molecule has 0 fully saturated rings. The number of rotatable bonds is 4. The Morgan fingerprint density at radius 1 is 1.33 bits per heavy atom. The van der Waals surface area contributed by atoms with Gasteiger partial charge >= 0.3 is 18.0 Å². The summed E-state index contributed by atoms with van der Waals surface area (Å²) in [5.74, 6) is -7.38. The Balaban J connectivity index is 4.45. The van der Waals surface area contributed by atoms with Crippen LogP contribution in [0.1, 0.15) is 6.92 Å². The Kier molecular flexibility index (Phi) is 4.82. The van der Waals surface area contributed by atoms with Gasteiger partial charge in [0.2, 0.25) is 0 Å². The minimum Gasteiger partial charge on any atom is -0.347 e. The van der Waals surface area contributed by atoms with Crippen molar-refractivity contribution in [2.75, 3.05) is 12.0 Å². The molecular weight excluding hydrogens is 241 g/mol. The van der Waals surface area contributed by atoms with Gasteiger partial charge in [0.25, 0.3) is 0 Å². The van der Waals surface area contributed by atoms with Gasteiger partial charge in [-0.3, -0.25) is 4.79 Å². The summed E-state index contributed by atoms with van der Waals surface area (Å²) in [6.07, 6.45) is -4.21. The number of halogens is 5. The highest BCUT2D eigenvalue weighted by Gasteiger charge is 2.63. The topological polar surface area (TPSA) is 29.1 Å². The van der Waals surface area contributed by atoms with Crippen LogP contribution in [-0.4, -0.2) is 36.1 Å². The number of carbonyl (C=O) groups excluding carboxylic acids is 1. The van der Waals surface area contributed by atoms with Crippen LogP contribution in [0.2, 0.25) is 0 Å². The molecule has 8 heteroatoms. The summed E-state index contributed by atoms with van der Waals surface area (Å²) in [5.41, 5.74) is 0. The molecule has 0 aliphatic rings. The summed E-state index contributed by atoms with van der Waals surface area (Å²) in [5, 5.41) is 1.60. The van der Waals surface area contributed by atoms with E-state index in [9.17, 15) is 26.7 Å². The summed E-state index contributed by atoms with van der Waals surface area (Å²) in [6.45, 7) is 1.35. The van der Waals surface area contributed by atoms with Gasteiger partial charge in [0.05, 0.1) is 0 Å². The van der Waals surface area contributed by atoms with Crippen LogP contribution >= 0.6 is 11.8 Å². The van der Waals surface area contributed by atoms with Gasteiger partial charge in [-0.2, -0.15) is 33.7 Å². The fraction of sp³-hybridized carbons (Fsp3) is 0.857. The SMILES string of the molecule is CSCC(C)NC(=O)C(F)(F)C(F)(F)F. The second-order valence-corrected chi connectivity index (χ2v) is 3.81. The predicted octanol–water partition coefficient (Wildman–Crippen LogP) is 2.05. The average molecular weight is 251 g/mol. The fourth-order valence-corrected chi connectivity index (χ4v) is 1.32. The monoisotopic (exact) mass is 251 g/mol. The maximum Gasteiger partial charge on any atom is 0.463 e. The zero-order chi connectivity index (χ0) is 12.3. The molecule has 15 heavy (non-hydrogen) atoms. The van der Waals surface area contributed by atoms with Gasteiger partial charge < -0.3 is 5.32 Å². The first-order valence-corrected chi connectivity index (χ1v) is 5.26. The van der Waals surface area contributed by atoms with Gasteiger partial charge in [0, 0.05) is 11.8 Å². The van der Waals surface area contributed by atoms with Crippen LogP contribution in [-0.2, 0) is 4.79 Å². The van der Waals surface area contributed by atoms with Crippen molar-refractivity contribution in [2.45, 2.75) is 25.1 Å². The standard InChI is InChI=1S/C7H10F5NOS/c1-4(3-15-2)13-5(14)6(8,9)7(10,11)12/h4H,3H2,1-2H3,(H,13,14). The molecule has 0 rings (SSSR count). The van der Waals surface area contributed by atoms with Gasteiger partial charge in [-0.1, -0.05) is 0 Å². The van der Waals surface area contributed by atoms with Gasteiger partial charge in [-0.15, -0.1) is 0 Å². The molecule has 0 aromatic heterocycles. The lowest BCUT2D eigenvalue weighted by atomic mass is 10.2. The molecule has 0 radical (unpaired) electrons. The Labute approximate surface area is 87.6 Å². The zero-order valence-corrected chi connectivity index (χ0v) is 8.81. The lowest BCUT2D eigenvalue weighted by Gasteiger charge is -2.21. The highest BCUT2D eigenvalue weighted by Crippen LogP contribution is 2.35. The lowest BCUT2D eigenvalue weighted by molar-refractivity contribution is -0.269. The van der Waals surface area contributed by atoms with Crippen molar-refractivity contribution in [3.8, 4) is 0 Å². The third-order valence-corrected chi connectivity index (χ3v) is 2.27. The quantitative estimate of drug-likeness (QED) is 0.775. The van der Waals surface area contributed by atoms with Crippen LogP contribution in [0.3, 0.4) is 0 Å². The maximum absolute atomic E-state index is 12.4. The highest BCUT2D eigenvalue weighted by atomic mass is 32.2. The first kappa shape index (κ1) is 14.5. The highest BCUT2D eigenvalue weighted by molar-refractivity contribution is 7.98. The molecule has 0 aliphatic carbocycles. The molecule has 0 saturated heterocycles. The molecule has 0 aromatic carbocycles. The fourth-order valence-electron chi connectivity index (χ4n) is 0.735. The zero-order valence-electron chi connectivity index (χ0n) is 7.99. The maximum atomic E-state index is 12.4. The molecule has 0 bridgehead atoms. The van der Waals surface area contributed by atoms with E-state index in [1.54, 1.807) is 11.6 Å². The molecule has 0 spiro atoms. The minimum absolute atomic E-state index is 0.264. The number of thioether (sulfide) groups is 1. The normalized spacial score (nSPS) is 14.9. The second kappa shape index (κ2) is 5.00. The first-order chi connectivity index (χ1) is 6.63. The first-order valence-electron chi connectivity index (χ1n) is 3.87. The molecule has 1 atom stereocenters. The van der Waals surface area contributed by atoms with Gasteiger partial charge in [0.15, 0.2) is 0 Å². The van der Waals surface area contributed by atoms with E-state index in [0.717, 1.165) is 0 Å². The van der Waals surface area contributed by atoms with E-state index < -0.39 is 24.0 Å². The van der Waals surface area contributed by atoms with Crippen molar-refractivity contribution < 1.29 is 26.7 Å². The van der Waals surface area contributed by atoms with Crippen LogP contribution in [0.5, 0.6) is 0 Å². The number of hydrogen-bond acceptors (Lipinski definition) is 2. The minimum atomic E-state index is -5.85. The van der Waals surface area contributed by atoms with Crippen molar-refractivity contribution in [3.05, 3.63) is 0 Å². The number of hydrogen-bond donors (Lipinski definition) is 1. The lowest BCUT2D eigenvalue weighted by Crippen LogP contribution is -2.52. The summed E-state index contributed by atoms with van der Waals surface area (Å²) in [6, 6.07) is -0.735. The van der Waals surface area contributed by atoms with Crippen LogP contribution in [0.15, 0.2) is 0 Å². The van der Waals surface area contributed by atoms with E-state index in [-0.39, 0.29) is 5.75 Å². The van der Waals surface area contributed by atoms with Crippen LogP contribution in [0.4, 0.5) is 22.0 Å². The molecule has 2 nitrogen and oxygen atoms in total. The molecule has 0 aliphatic heterocycles. The van der Waals surface area contributed by atoms with E-state index in [1.807, 2.05) is 0 Å². The van der Waals surface area contributed by atoms with E-state index in [4.69, 9.17) is 0 Å². The molecule has 0 heterocycles. The summed E-state index contributed by atoms with van der Waals surface area (Å²) in [7, 11) is 0. The summed E-state index contributed by atoms with van der Waals surface area (Å²) < 4.78 is 59.9. The van der Waals surface area contributed by atoms with Gasteiger partial charge in [-0.25, -0.2) is 0 Å². The van der Waals surface area contributed by atoms with Crippen molar-refractivity contribution in [1.82, 2.24) is 5.32 Å². The second-order valence-electron chi connectivity index (χ2n) is 2.90. The van der Waals surface area contributed by atoms with Crippen molar-refractivity contribution >= 4 is 17.7 Å². The Morgan fingerprint density at radius 3 is 2.13 bits per heavy atom. The van der Waals surface area contributed by atoms with Gasteiger partial charge in [0.1, 0.15) is 0 Å². The molecule has 1 amide bonds. The van der Waals surface area contributed by atoms with E-state index >= 15 is 0 Å².